The molecule has 1 unspecified atom stereocenters. The van der Waals surface area contributed by atoms with Crippen molar-refractivity contribution in [2.45, 2.75) is 31.8 Å². The van der Waals surface area contributed by atoms with E-state index in [4.69, 9.17) is 10.6 Å². The molecule has 1 aliphatic rings. The van der Waals surface area contributed by atoms with Crippen LogP contribution in [0.4, 0.5) is 0 Å². The van der Waals surface area contributed by atoms with Gasteiger partial charge in [0.25, 0.3) is 0 Å². The van der Waals surface area contributed by atoms with E-state index in [1.807, 2.05) is 11.9 Å². The Kier molecular flexibility index (Phi) is 4.16. The molecule has 1 fully saturated rings. The number of likely N-dealkylation sites (N-methyl/N-ethyl adjacent to an activating group) is 1. The molecule has 82 valence electrons. The Balaban J connectivity index is 2.49. The first-order valence-corrected chi connectivity index (χ1v) is 4.95. The maximum Gasteiger partial charge on any atom is 0.208 e. The molecule has 14 heavy (non-hydrogen) atoms. The van der Waals surface area contributed by atoms with Crippen LogP contribution in [0.3, 0.4) is 0 Å². The molecule has 0 saturated heterocycles. The maximum absolute atomic E-state index is 5.42. The molecule has 0 bridgehead atoms. The summed E-state index contributed by atoms with van der Waals surface area (Å²) >= 11 is 0. The third kappa shape index (κ3) is 3.16. The third-order valence-corrected chi connectivity index (χ3v) is 2.38. The molecule has 0 aliphatic heterocycles. The van der Waals surface area contributed by atoms with Gasteiger partial charge in [-0.15, -0.1) is 0 Å². The van der Waals surface area contributed by atoms with Crippen molar-refractivity contribution >= 4 is 5.96 Å². The van der Waals surface area contributed by atoms with Gasteiger partial charge in [0, 0.05) is 14.2 Å². The zero-order chi connectivity index (χ0) is 10.6. The molecule has 5 nitrogen and oxygen atoms in total. The molecule has 0 aromatic rings. The molecule has 0 aromatic heterocycles. The van der Waals surface area contributed by atoms with Crippen molar-refractivity contribution in [2.24, 2.45) is 10.8 Å². The summed E-state index contributed by atoms with van der Waals surface area (Å²) in [7, 11) is 3.66. The van der Waals surface area contributed by atoms with Gasteiger partial charge in [0.2, 0.25) is 5.96 Å². The number of methoxy groups -OCH3 is 1. The second-order valence-electron chi connectivity index (χ2n) is 3.74. The topological polar surface area (TPSA) is 62.9 Å². The van der Waals surface area contributed by atoms with Gasteiger partial charge in [-0.2, -0.15) is 0 Å². The number of nitrogens with zero attached hydrogens (tertiary/aromatic N) is 2. The SMILES string of the molecule is COCC(C)N(C)C(=NC1CC1)NN. The van der Waals surface area contributed by atoms with Crippen molar-refractivity contribution < 1.29 is 4.74 Å². The smallest absolute Gasteiger partial charge is 0.208 e. The molecule has 0 heterocycles. The number of ether oxygens (including phenoxy) is 1. The van der Waals surface area contributed by atoms with Crippen molar-refractivity contribution in [3.05, 3.63) is 0 Å². The van der Waals surface area contributed by atoms with Crippen LogP contribution in [0.5, 0.6) is 0 Å². The van der Waals surface area contributed by atoms with Crippen LogP contribution < -0.4 is 11.3 Å². The first-order chi connectivity index (χ1) is 6.69. The summed E-state index contributed by atoms with van der Waals surface area (Å²) in [6, 6.07) is 0.742. The van der Waals surface area contributed by atoms with Crippen molar-refractivity contribution in [3.63, 3.8) is 0 Å². The van der Waals surface area contributed by atoms with Crippen LogP contribution in [0.1, 0.15) is 19.8 Å². The average molecular weight is 200 g/mol. The number of hydrazine groups is 1. The number of hydrogen-bond acceptors (Lipinski definition) is 3. The summed E-state index contributed by atoms with van der Waals surface area (Å²) in [6.45, 7) is 2.74. The van der Waals surface area contributed by atoms with Crippen LogP contribution in [-0.2, 0) is 4.74 Å². The Morgan fingerprint density at radius 2 is 2.36 bits per heavy atom. The Hall–Kier alpha value is -0.810. The molecule has 0 spiro atoms. The minimum absolute atomic E-state index is 0.272. The van der Waals surface area contributed by atoms with E-state index in [2.05, 4.69) is 17.3 Å². The highest BCUT2D eigenvalue weighted by Crippen LogP contribution is 2.23. The van der Waals surface area contributed by atoms with Gasteiger partial charge in [0.05, 0.1) is 18.7 Å². The highest BCUT2D eigenvalue weighted by molar-refractivity contribution is 5.79. The second kappa shape index (κ2) is 5.17. The monoisotopic (exact) mass is 200 g/mol. The zero-order valence-electron chi connectivity index (χ0n) is 9.16. The average Bonchev–Trinajstić information content (AvgIpc) is 2.97. The molecular formula is C9H20N4O. The van der Waals surface area contributed by atoms with E-state index in [9.17, 15) is 0 Å². The lowest BCUT2D eigenvalue weighted by molar-refractivity contribution is 0.144. The summed E-state index contributed by atoms with van der Waals surface area (Å²) in [5.41, 5.74) is 2.63. The van der Waals surface area contributed by atoms with Gasteiger partial charge in [-0.1, -0.05) is 0 Å². The second-order valence-corrected chi connectivity index (χ2v) is 3.74. The minimum atomic E-state index is 0.272. The molecule has 0 amide bonds. The fourth-order valence-corrected chi connectivity index (χ4v) is 1.17. The van der Waals surface area contributed by atoms with E-state index in [1.165, 1.54) is 12.8 Å². The maximum atomic E-state index is 5.42. The van der Waals surface area contributed by atoms with Gasteiger partial charge in [0.1, 0.15) is 0 Å². The Bertz CT molecular complexity index is 203. The molecule has 3 N–H and O–H groups in total. The van der Waals surface area contributed by atoms with Gasteiger partial charge in [-0.05, 0) is 19.8 Å². The van der Waals surface area contributed by atoms with E-state index in [-0.39, 0.29) is 6.04 Å². The number of hydrogen-bond donors (Lipinski definition) is 2. The van der Waals surface area contributed by atoms with Gasteiger partial charge >= 0.3 is 0 Å². The lowest BCUT2D eigenvalue weighted by atomic mass is 10.3. The third-order valence-electron chi connectivity index (χ3n) is 2.38. The van der Waals surface area contributed by atoms with E-state index < -0.39 is 0 Å². The molecular weight excluding hydrogens is 180 g/mol. The van der Waals surface area contributed by atoms with E-state index >= 15 is 0 Å². The fourth-order valence-electron chi connectivity index (χ4n) is 1.17. The minimum Gasteiger partial charge on any atom is -0.383 e. The lowest BCUT2D eigenvalue weighted by Crippen LogP contribution is -2.48. The van der Waals surface area contributed by atoms with Gasteiger partial charge in [-0.25, -0.2) is 10.8 Å². The number of nitrogens with one attached hydrogen (secondary N) is 1. The normalized spacial score (nSPS) is 19.3. The van der Waals surface area contributed by atoms with E-state index in [0.29, 0.717) is 12.6 Å². The van der Waals surface area contributed by atoms with Crippen LogP contribution in [-0.4, -0.2) is 43.7 Å². The van der Waals surface area contributed by atoms with Crippen LogP contribution >= 0.6 is 0 Å². The van der Waals surface area contributed by atoms with Crippen LogP contribution in [0, 0.1) is 0 Å². The van der Waals surface area contributed by atoms with Gasteiger partial charge < -0.3 is 9.64 Å². The number of aliphatic imine (C=N–C) groups is 1. The molecule has 0 aromatic carbocycles. The van der Waals surface area contributed by atoms with E-state index in [0.717, 1.165) is 5.96 Å². The number of guanidine groups is 1. The summed E-state index contributed by atoms with van der Waals surface area (Å²) < 4.78 is 5.07. The predicted molar refractivity (Wildman–Crippen MR) is 56.9 cm³/mol. The number of nitrogens with two attached hydrogens (primary N) is 1. The summed E-state index contributed by atoms with van der Waals surface area (Å²) in [6.07, 6.45) is 2.36. The van der Waals surface area contributed by atoms with Crippen LogP contribution in [0.15, 0.2) is 4.99 Å². The van der Waals surface area contributed by atoms with Gasteiger partial charge in [-0.3, -0.25) is 5.43 Å². The zero-order valence-corrected chi connectivity index (χ0v) is 9.16. The molecule has 1 atom stereocenters. The standard InChI is InChI=1S/C9H20N4O/c1-7(6-14-3)13(2)9(12-10)11-8-4-5-8/h7-8H,4-6,10H2,1-3H3,(H,11,12). The summed E-state index contributed by atoms with van der Waals surface area (Å²) in [5.74, 6) is 6.17. The highest BCUT2D eigenvalue weighted by Gasteiger charge is 2.23. The molecule has 1 saturated carbocycles. The van der Waals surface area contributed by atoms with Crippen molar-refractivity contribution in [2.75, 3.05) is 20.8 Å². The van der Waals surface area contributed by atoms with Gasteiger partial charge in [0.15, 0.2) is 0 Å². The van der Waals surface area contributed by atoms with Crippen molar-refractivity contribution in [3.8, 4) is 0 Å². The first-order valence-electron chi connectivity index (χ1n) is 4.95. The molecule has 0 radical (unpaired) electrons. The highest BCUT2D eigenvalue weighted by atomic mass is 16.5. The Morgan fingerprint density at radius 1 is 1.71 bits per heavy atom. The first kappa shape index (κ1) is 11.3. The Morgan fingerprint density at radius 3 is 2.79 bits per heavy atom. The fraction of sp³-hybridized carbons (Fsp3) is 0.889. The van der Waals surface area contributed by atoms with Crippen LogP contribution in [0.2, 0.25) is 0 Å². The quantitative estimate of drug-likeness (QED) is 0.289. The largest absolute Gasteiger partial charge is 0.383 e. The van der Waals surface area contributed by atoms with Crippen molar-refractivity contribution in [1.29, 1.82) is 0 Å². The molecule has 1 rings (SSSR count). The lowest BCUT2D eigenvalue weighted by Gasteiger charge is -2.26. The molecule has 5 heteroatoms. The predicted octanol–water partition coefficient (Wildman–Crippen LogP) is -0.0652. The van der Waals surface area contributed by atoms with Crippen molar-refractivity contribution in [1.82, 2.24) is 10.3 Å². The summed E-state index contributed by atoms with van der Waals surface area (Å²) in [4.78, 5) is 6.46. The van der Waals surface area contributed by atoms with Crippen LogP contribution in [0.25, 0.3) is 0 Å². The molecule has 1 aliphatic carbocycles. The summed E-state index contributed by atoms with van der Waals surface area (Å²) in [5, 5.41) is 0. The number of rotatable bonds is 4. The Labute approximate surface area is 85.3 Å². The van der Waals surface area contributed by atoms with E-state index in [1.54, 1.807) is 7.11 Å².